The number of imidazole rings is 1. The smallest absolute Gasteiger partial charge is 0.138 e. The van der Waals surface area contributed by atoms with E-state index in [2.05, 4.69) is 15.3 Å². The quantitative estimate of drug-likeness (QED) is 0.808. The van der Waals surface area contributed by atoms with Crippen molar-refractivity contribution in [1.82, 2.24) is 15.3 Å². The summed E-state index contributed by atoms with van der Waals surface area (Å²) in [6, 6.07) is 3.24. The molecule has 0 bridgehead atoms. The van der Waals surface area contributed by atoms with Crippen LogP contribution in [0.1, 0.15) is 24.4 Å². The van der Waals surface area contributed by atoms with Crippen molar-refractivity contribution in [1.29, 1.82) is 0 Å². The van der Waals surface area contributed by atoms with E-state index in [4.69, 9.17) is 23.2 Å². The molecule has 2 rings (SSSR count). The van der Waals surface area contributed by atoms with E-state index < -0.39 is 0 Å². The van der Waals surface area contributed by atoms with Crippen molar-refractivity contribution in [2.45, 2.75) is 19.5 Å². The van der Waals surface area contributed by atoms with Crippen LogP contribution in [0, 0.1) is 0 Å². The Bertz CT molecular complexity index is 528. The van der Waals surface area contributed by atoms with Crippen molar-refractivity contribution in [3.8, 4) is 5.75 Å². The van der Waals surface area contributed by atoms with Gasteiger partial charge in [0.1, 0.15) is 11.6 Å². The SMILES string of the molecule is CC(NCc1cc(Cl)cc(Cl)c1O)c1ncc[nH]1. The molecule has 0 saturated heterocycles. The number of halogens is 2. The zero-order valence-corrected chi connectivity index (χ0v) is 11.3. The summed E-state index contributed by atoms with van der Waals surface area (Å²) in [5.74, 6) is 0.892. The first-order chi connectivity index (χ1) is 8.58. The van der Waals surface area contributed by atoms with Crippen LogP contribution in [0.25, 0.3) is 0 Å². The number of hydrogen-bond acceptors (Lipinski definition) is 3. The molecule has 1 unspecified atom stereocenters. The van der Waals surface area contributed by atoms with Gasteiger partial charge in [0.15, 0.2) is 0 Å². The molecule has 1 aromatic heterocycles. The second kappa shape index (κ2) is 5.61. The van der Waals surface area contributed by atoms with E-state index in [1.807, 2.05) is 6.92 Å². The van der Waals surface area contributed by atoms with Crippen LogP contribution >= 0.6 is 23.2 Å². The first kappa shape index (κ1) is 13.2. The summed E-state index contributed by atoms with van der Waals surface area (Å²) >= 11 is 11.7. The molecular weight excluding hydrogens is 273 g/mol. The lowest BCUT2D eigenvalue weighted by molar-refractivity contribution is 0.459. The van der Waals surface area contributed by atoms with Gasteiger partial charge in [-0.25, -0.2) is 4.98 Å². The lowest BCUT2D eigenvalue weighted by Gasteiger charge is -2.13. The normalized spacial score (nSPS) is 12.6. The van der Waals surface area contributed by atoms with E-state index in [1.165, 1.54) is 6.07 Å². The summed E-state index contributed by atoms with van der Waals surface area (Å²) in [5.41, 5.74) is 0.658. The number of aromatic hydroxyl groups is 1. The molecule has 1 aromatic carbocycles. The standard InChI is InChI=1S/C12H13Cl2N3O/c1-7(12-15-2-3-16-12)17-6-8-4-9(13)5-10(14)11(8)18/h2-5,7,17-18H,6H2,1H3,(H,15,16). The minimum absolute atomic E-state index is 0.0390. The van der Waals surface area contributed by atoms with Gasteiger partial charge in [0.2, 0.25) is 0 Å². The summed E-state index contributed by atoms with van der Waals surface area (Å²) in [7, 11) is 0. The van der Waals surface area contributed by atoms with Gasteiger partial charge in [0.25, 0.3) is 0 Å². The average molecular weight is 286 g/mol. The minimum Gasteiger partial charge on any atom is -0.506 e. The molecule has 0 saturated carbocycles. The van der Waals surface area contributed by atoms with Crippen LogP contribution in [0.2, 0.25) is 10.0 Å². The summed E-state index contributed by atoms with van der Waals surface area (Å²) in [6.45, 7) is 2.43. The van der Waals surface area contributed by atoms with Gasteiger partial charge in [-0.05, 0) is 19.1 Å². The first-order valence-corrected chi connectivity index (χ1v) is 6.23. The van der Waals surface area contributed by atoms with Crippen molar-refractivity contribution in [3.05, 3.63) is 46.0 Å². The van der Waals surface area contributed by atoms with E-state index in [0.29, 0.717) is 17.1 Å². The van der Waals surface area contributed by atoms with Crippen molar-refractivity contribution < 1.29 is 5.11 Å². The molecule has 0 aliphatic rings. The van der Waals surface area contributed by atoms with Crippen LogP contribution in [-0.2, 0) is 6.54 Å². The molecule has 1 atom stereocenters. The molecule has 1 heterocycles. The number of phenols is 1. The highest BCUT2D eigenvalue weighted by Gasteiger charge is 2.11. The number of nitrogens with zero attached hydrogens (tertiary/aromatic N) is 1. The van der Waals surface area contributed by atoms with E-state index >= 15 is 0 Å². The number of aromatic nitrogens is 2. The van der Waals surface area contributed by atoms with Gasteiger partial charge in [0.05, 0.1) is 11.1 Å². The highest BCUT2D eigenvalue weighted by molar-refractivity contribution is 6.35. The maximum Gasteiger partial charge on any atom is 0.138 e. The molecule has 0 amide bonds. The minimum atomic E-state index is 0.0390. The predicted molar refractivity (Wildman–Crippen MR) is 72.0 cm³/mol. The second-order valence-corrected chi connectivity index (χ2v) is 4.82. The lowest BCUT2D eigenvalue weighted by atomic mass is 10.2. The number of rotatable bonds is 4. The van der Waals surface area contributed by atoms with E-state index in [0.717, 1.165) is 5.82 Å². The molecule has 0 fully saturated rings. The summed E-state index contributed by atoms with van der Waals surface area (Å²) in [6.07, 6.45) is 3.46. The molecule has 2 aromatic rings. The molecule has 0 spiro atoms. The fourth-order valence-electron chi connectivity index (χ4n) is 1.63. The molecule has 0 aliphatic heterocycles. The van der Waals surface area contributed by atoms with Gasteiger partial charge >= 0.3 is 0 Å². The Labute approximate surface area is 115 Å². The molecule has 96 valence electrons. The molecule has 0 aliphatic carbocycles. The van der Waals surface area contributed by atoms with Crippen molar-refractivity contribution in [2.24, 2.45) is 0 Å². The van der Waals surface area contributed by atoms with E-state index in [1.54, 1.807) is 18.5 Å². The Kier molecular flexibility index (Phi) is 4.11. The zero-order chi connectivity index (χ0) is 13.1. The molecule has 0 radical (unpaired) electrons. The lowest BCUT2D eigenvalue weighted by Crippen LogP contribution is -2.19. The van der Waals surface area contributed by atoms with Crippen molar-refractivity contribution in [3.63, 3.8) is 0 Å². The van der Waals surface area contributed by atoms with Gasteiger partial charge in [-0.2, -0.15) is 0 Å². The van der Waals surface area contributed by atoms with Crippen LogP contribution in [-0.4, -0.2) is 15.1 Å². The van der Waals surface area contributed by atoms with Crippen LogP contribution in [0.4, 0.5) is 0 Å². The van der Waals surface area contributed by atoms with Crippen molar-refractivity contribution >= 4 is 23.2 Å². The Balaban J connectivity index is 2.06. The number of phenolic OH excluding ortho intramolecular Hbond substituents is 1. The van der Waals surface area contributed by atoms with Gasteiger partial charge in [-0.1, -0.05) is 23.2 Å². The Hall–Kier alpha value is -1.23. The largest absolute Gasteiger partial charge is 0.506 e. The number of H-pyrrole nitrogens is 1. The molecule has 18 heavy (non-hydrogen) atoms. The van der Waals surface area contributed by atoms with Crippen molar-refractivity contribution in [2.75, 3.05) is 0 Å². The van der Waals surface area contributed by atoms with Gasteiger partial charge in [-0.3, -0.25) is 0 Å². The Morgan fingerprint density at radius 2 is 2.22 bits per heavy atom. The van der Waals surface area contributed by atoms with Crippen LogP contribution in [0.3, 0.4) is 0 Å². The maximum atomic E-state index is 9.81. The zero-order valence-electron chi connectivity index (χ0n) is 9.74. The van der Waals surface area contributed by atoms with E-state index in [9.17, 15) is 5.11 Å². The third-order valence-electron chi connectivity index (χ3n) is 2.64. The highest BCUT2D eigenvalue weighted by atomic mass is 35.5. The van der Waals surface area contributed by atoms with Crippen LogP contribution in [0.5, 0.6) is 5.75 Å². The van der Waals surface area contributed by atoms with Gasteiger partial charge in [-0.15, -0.1) is 0 Å². The summed E-state index contributed by atoms with van der Waals surface area (Å²) in [4.78, 5) is 7.18. The fourth-order valence-corrected chi connectivity index (χ4v) is 2.16. The van der Waals surface area contributed by atoms with Gasteiger partial charge < -0.3 is 15.4 Å². The predicted octanol–water partition coefficient (Wildman–Crippen LogP) is 3.27. The number of nitrogens with one attached hydrogen (secondary N) is 2. The molecule has 4 nitrogen and oxygen atoms in total. The maximum absolute atomic E-state index is 9.81. The second-order valence-electron chi connectivity index (χ2n) is 3.97. The molecule has 3 N–H and O–H groups in total. The van der Waals surface area contributed by atoms with Gasteiger partial charge in [0, 0.05) is 29.5 Å². The fraction of sp³-hybridized carbons (Fsp3) is 0.250. The molecule has 6 heteroatoms. The first-order valence-electron chi connectivity index (χ1n) is 5.47. The number of benzene rings is 1. The van der Waals surface area contributed by atoms with E-state index in [-0.39, 0.29) is 16.8 Å². The summed E-state index contributed by atoms with van der Waals surface area (Å²) in [5, 5.41) is 13.8. The van der Waals surface area contributed by atoms with Crippen LogP contribution in [0.15, 0.2) is 24.5 Å². The Morgan fingerprint density at radius 1 is 1.44 bits per heavy atom. The number of aromatic amines is 1. The monoisotopic (exact) mass is 285 g/mol. The average Bonchev–Trinajstić information content (AvgIpc) is 2.85. The third-order valence-corrected chi connectivity index (χ3v) is 3.14. The number of hydrogen-bond donors (Lipinski definition) is 3. The Morgan fingerprint density at radius 3 is 2.89 bits per heavy atom. The van der Waals surface area contributed by atoms with Crippen LogP contribution < -0.4 is 5.32 Å². The summed E-state index contributed by atoms with van der Waals surface area (Å²) < 4.78 is 0. The third kappa shape index (κ3) is 2.96. The molecular formula is C12H13Cl2N3O. The topological polar surface area (TPSA) is 60.9 Å². The highest BCUT2D eigenvalue weighted by Crippen LogP contribution is 2.31.